The summed E-state index contributed by atoms with van der Waals surface area (Å²) in [7, 11) is 0. The minimum atomic E-state index is -0.892. The topological polar surface area (TPSA) is 102 Å². The summed E-state index contributed by atoms with van der Waals surface area (Å²) in [5.41, 5.74) is 3.40. The van der Waals surface area contributed by atoms with Crippen molar-refractivity contribution in [2.45, 2.75) is 6.42 Å². The molecule has 0 aliphatic carbocycles. The molecule has 0 unspecified atom stereocenters. The normalized spacial score (nSPS) is 15.1. The Labute approximate surface area is 130 Å². The summed E-state index contributed by atoms with van der Waals surface area (Å²) in [6, 6.07) is 5.86. The zero-order valence-corrected chi connectivity index (χ0v) is 12.2. The van der Waals surface area contributed by atoms with E-state index in [0.717, 1.165) is 22.0 Å². The van der Waals surface area contributed by atoms with Gasteiger partial charge < -0.3 is 20.0 Å². The van der Waals surface area contributed by atoms with Gasteiger partial charge in [0.15, 0.2) is 0 Å². The molecule has 1 aliphatic heterocycles. The second kappa shape index (κ2) is 4.98. The van der Waals surface area contributed by atoms with Crippen molar-refractivity contribution in [3.63, 3.8) is 0 Å². The number of fused-ring (bicyclic) bond motifs is 3. The van der Waals surface area contributed by atoms with Gasteiger partial charge in [-0.1, -0.05) is 18.2 Å². The number of carboxylic acid groups (broad SMARTS) is 1. The van der Waals surface area contributed by atoms with E-state index in [1.165, 1.54) is 11.2 Å². The number of benzene rings is 1. The van der Waals surface area contributed by atoms with Crippen LogP contribution in [-0.2, 0) is 0 Å². The zero-order chi connectivity index (χ0) is 16.0. The SMILES string of the molecule is O=C(O)N1CC=C(c2ccc3c(c2)[nH]c2nc[nH]c(=O)c23)CC1. The number of rotatable bonds is 1. The van der Waals surface area contributed by atoms with Crippen LogP contribution in [0.25, 0.3) is 27.5 Å². The van der Waals surface area contributed by atoms with Crippen LogP contribution in [0, 0.1) is 0 Å². The van der Waals surface area contributed by atoms with Crippen molar-refractivity contribution in [3.8, 4) is 0 Å². The lowest BCUT2D eigenvalue weighted by molar-refractivity contribution is 0.150. The standard InChI is InChI=1S/C16H14N4O3/c21-15-13-11-2-1-10(7-12(11)19-14(13)17-8-18-15)9-3-5-20(6-4-9)16(22)23/h1-3,7-8H,4-6H2,(H,22,23)(H2,17,18,19,21). The Balaban J connectivity index is 1.78. The first kappa shape index (κ1) is 13.6. The largest absolute Gasteiger partial charge is 0.465 e. The van der Waals surface area contributed by atoms with Crippen LogP contribution in [0.5, 0.6) is 0 Å². The molecule has 0 radical (unpaired) electrons. The summed E-state index contributed by atoms with van der Waals surface area (Å²) in [4.78, 5) is 34.2. The van der Waals surface area contributed by atoms with Crippen molar-refractivity contribution in [2.75, 3.05) is 13.1 Å². The molecule has 7 nitrogen and oxygen atoms in total. The lowest BCUT2D eigenvalue weighted by atomic mass is 9.98. The van der Waals surface area contributed by atoms with Gasteiger partial charge in [-0.15, -0.1) is 0 Å². The van der Waals surface area contributed by atoms with E-state index in [1.54, 1.807) is 0 Å². The Morgan fingerprint density at radius 1 is 1.35 bits per heavy atom. The maximum atomic E-state index is 12.0. The molecule has 0 spiro atoms. The molecule has 1 amide bonds. The number of nitrogens with one attached hydrogen (secondary N) is 2. The van der Waals surface area contributed by atoms with Crippen molar-refractivity contribution >= 4 is 33.6 Å². The summed E-state index contributed by atoms with van der Waals surface area (Å²) < 4.78 is 0. The van der Waals surface area contributed by atoms with E-state index in [-0.39, 0.29) is 5.56 Å². The molecule has 116 valence electrons. The lowest BCUT2D eigenvalue weighted by Crippen LogP contribution is -2.33. The first-order chi connectivity index (χ1) is 11.1. The van der Waals surface area contributed by atoms with Crippen molar-refractivity contribution < 1.29 is 9.90 Å². The van der Waals surface area contributed by atoms with Gasteiger partial charge >= 0.3 is 6.09 Å². The summed E-state index contributed by atoms with van der Waals surface area (Å²) in [5, 5.41) is 10.4. The first-order valence-corrected chi connectivity index (χ1v) is 7.30. The first-order valence-electron chi connectivity index (χ1n) is 7.30. The summed E-state index contributed by atoms with van der Waals surface area (Å²) in [5.74, 6) is 0. The van der Waals surface area contributed by atoms with Crippen LogP contribution in [0.15, 0.2) is 35.4 Å². The average Bonchev–Trinajstić information content (AvgIpc) is 2.93. The highest BCUT2D eigenvalue weighted by Crippen LogP contribution is 2.28. The Hall–Kier alpha value is -3.09. The van der Waals surface area contributed by atoms with Crippen molar-refractivity contribution in [1.82, 2.24) is 19.9 Å². The smallest absolute Gasteiger partial charge is 0.407 e. The van der Waals surface area contributed by atoms with Gasteiger partial charge in [-0.05, 0) is 23.6 Å². The predicted molar refractivity (Wildman–Crippen MR) is 86.4 cm³/mol. The van der Waals surface area contributed by atoms with Crippen LogP contribution in [-0.4, -0.2) is 44.1 Å². The van der Waals surface area contributed by atoms with Gasteiger partial charge in [0.05, 0.1) is 11.7 Å². The molecule has 0 fully saturated rings. The van der Waals surface area contributed by atoms with Crippen molar-refractivity contribution in [2.24, 2.45) is 0 Å². The van der Waals surface area contributed by atoms with Crippen LogP contribution >= 0.6 is 0 Å². The molecule has 7 heteroatoms. The molecule has 0 saturated carbocycles. The molecule has 3 heterocycles. The lowest BCUT2D eigenvalue weighted by Gasteiger charge is -2.23. The van der Waals surface area contributed by atoms with Crippen LogP contribution in [0.4, 0.5) is 4.79 Å². The van der Waals surface area contributed by atoms with Crippen molar-refractivity contribution in [1.29, 1.82) is 0 Å². The van der Waals surface area contributed by atoms with Crippen LogP contribution in [0.1, 0.15) is 12.0 Å². The van der Waals surface area contributed by atoms with E-state index >= 15 is 0 Å². The highest BCUT2D eigenvalue weighted by atomic mass is 16.4. The van der Waals surface area contributed by atoms with Gasteiger partial charge in [0.2, 0.25) is 0 Å². The summed E-state index contributed by atoms with van der Waals surface area (Å²) in [6.07, 6.45) is 3.10. The molecule has 0 bridgehead atoms. The number of hydrogen-bond acceptors (Lipinski definition) is 3. The van der Waals surface area contributed by atoms with E-state index in [2.05, 4.69) is 15.0 Å². The molecule has 23 heavy (non-hydrogen) atoms. The molecule has 0 atom stereocenters. The van der Waals surface area contributed by atoms with Gasteiger partial charge in [-0.25, -0.2) is 9.78 Å². The maximum Gasteiger partial charge on any atom is 0.407 e. The second-order valence-electron chi connectivity index (χ2n) is 5.55. The number of nitrogens with zero attached hydrogens (tertiary/aromatic N) is 2. The summed E-state index contributed by atoms with van der Waals surface area (Å²) >= 11 is 0. The minimum absolute atomic E-state index is 0.164. The van der Waals surface area contributed by atoms with Gasteiger partial charge in [-0.3, -0.25) is 4.79 Å². The number of amides is 1. The van der Waals surface area contributed by atoms with E-state index in [4.69, 9.17) is 5.11 Å². The van der Waals surface area contributed by atoms with Gasteiger partial charge in [-0.2, -0.15) is 0 Å². The van der Waals surface area contributed by atoms with Crippen LogP contribution in [0.2, 0.25) is 0 Å². The molecule has 2 aromatic heterocycles. The van der Waals surface area contributed by atoms with E-state index < -0.39 is 6.09 Å². The Bertz CT molecular complexity index is 1020. The molecule has 3 N–H and O–H groups in total. The molecule has 0 saturated heterocycles. The molecule has 4 rings (SSSR count). The quantitative estimate of drug-likeness (QED) is 0.641. The Morgan fingerprint density at radius 3 is 2.96 bits per heavy atom. The number of H-pyrrole nitrogens is 2. The highest BCUT2D eigenvalue weighted by molar-refractivity contribution is 6.06. The Kier molecular flexibility index (Phi) is 2.94. The molecule has 1 aliphatic rings. The van der Waals surface area contributed by atoms with E-state index in [9.17, 15) is 9.59 Å². The van der Waals surface area contributed by atoms with Crippen LogP contribution < -0.4 is 5.56 Å². The third-order valence-corrected chi connectivity index (χ3v) is 4.25. The fourth-order valence-electron chi connectivity index (χ4n) is 3.04. The number of hydrogen-bond donors (Lipinski definition) is 3. The van der Waals surface area contributed by atoms with Gasteiger partial charge in [0.1, 0.15) is 5.65 Å². The third-order valence-electron chi connectivity index (χ3n) is 4.25. The minimum Gasteiger partial charge on any atom is -0.465 e. The Morgan fingerprint density at radius 2 is 2.22 bits per heavy atom. The summed E-state index contributed by atoms with van der Waals surface area (Å²) in [6.45, 7) is 0.893. The molecule has 1 aromatic carbocycles. The fraction of sp³-hybridized carbons (Fsp3) is 0.188. The van der Waals surface area contributed by atoms with Crippen molar-refractivity contribution in [3.05, 3.63) is 46.5 Å². The second-order valence-corrected chi connectivity index (χ2v) is 5.55. The highest BCUT2D eigenvalue weighted by Gasteiger charge is 2.17. The zero-order valence-electron chi connectivity index (χ0n) is 12.2. The molecule has 3 aromatic rings. The fourth-order valence-corrected chi connectivity index (χ4v) is 3.04. The average molecular weight is 310 g/mol. The monoisotopic (exact) mass is 310 g/mol. The predicted octanol–water partition coefficient (Wildman–Crippen LogP) is 2.17. The number of carbonyl (C=O) groups is 1. The van der Waals surface area contributed by atoms with E-state index in [1.807, 2.05) is 24.3 Å². The van der Waals surface area contributed by atoms with Gasteiger partial charge in [0.25, 0.3) is 5.56 Å². The van der Waals surface area contributed by atoms with E-state index in [0.29, 0.717) is 30.5 Å². The van der Waals surface area contributed by atoms with Gasteiger partial charge in [0, 0.05) is 24.0 Å². The maximum absolute atomic E-state index is 12.0. The molecular formula is C16H14N4O3. The molecular weight excluding hydrogens is 296 g/mol. The number of aromatic amines is 2. The number of aromatic nitrogens is 3. The van der Waals surface area contributed by atoms with Crippen LogP contribution in [0.3, 0.4) is 0 Å². The third kappa shape index (κ3) is 2.17.